The van der Waals surface area contributed by atoms with Crippen molar-refractivity contribution < 1.29 is 4.79 Å². The smallest absolute Gasteiger partial charge is 0.217 e. The summed E-state index contributed by atoms with van der Waals surface area (Å²) in [4.78, 5) is 11.0. The molecule has 1 aromatic heterocycles. The molecule has 1 aromatic carbocycles. The molecule has 2 aromatic rings. The van der Waals surface area contributed by atoms with Gasteiger partial charge in [0, 0.05) is 18.2 Å². The number of carbonyl (C=O) groups excluding carboxylic acids is 1. The van der Waals surface area contributed by atoms with Crippen molar-refractivity contribution in [3.8, 4) is 11.1 Å². The topological polar surface area (TPSA) is 57.8 Å². The first-order valence-corrected chi connectivity index (χ1v) is 5.95. The fraction of sp³-hybridized carbons (Fsp3) is 0.286. The highest BCUT2D eigenvalue weighted by atomic mass is 16.1. The predicted molar refractivity (Wildman–Crippen MR) is 71.0 cm³/mol. The molecule has 0 radical (unpaired) electrons. The monoisotopic (exact) mass is 243 g/mol. The summed E-state index contributed by atoms with van der Waals surface area (Å²) in [6, 6.07) is 8.18. The molecule has 4 heteroatoms. The number of nitrogens with zero attached hydrogens (tertiary/aromatic N) is 1. The molecular weight excluding hydrogens is 226 g/mol. The number of rotatable bonds is 3. The second-order valence-corrected chi connectivity index (χ2v) is 4.45. The van der Waals surface area contributed by atoms with Gasteiger partial charge in [-0.1, -0.05) is 24.3 Å². The number of hydrogen-bond acceptors (Lipinski definition) is 2. The molecule has 0 unspecified atom stereocenters. The zero-order valence-corrected chi connectivity index (χ0v) is 10.8. The Morgan fingerprint density at radius 1 is 1.33 bits per heavy atom. The Hall–Kier alpha value is -2.10. The Bertz CT molecular complexity index is 542. The van der Waals surface area contributed by atoms with Crippen molar-refractivity contribution in [1.29, 1.82) is 0 Å². The second-order valence-electron chi connectivity index (χ2n) is 4.45. The minimum Gasteiger partial charge on any atom is -0.350 e. The molecule has 0 spiro atoms. The normalized spacial score (nSPS) is 12.2. The summed E-state index contributed by atoms with van der Waals surface area (Å²) in [5, 5.41) is 9.80. The van der Waals surface area contributed by atoms with Crippen molar-refractivity contribution in [2.75, 3.05) is 0 Å². The summed E-state index contributed by atoms with van der Waals surface area (Å²) in [6.07, 6.45) is 1.82. The summed E-state index contributed by atoms with van der Waals surface area (Å²) in [6.45, 7) is 5.50. The fourth-order valence-corrected chi connectivity index (χ4v) is 1.98. The van der Waals surface area contributed by atoms with Gasteiger partial charge < -0.3 is 5.32 Å². The third kappa shape index (κ3) is 2.59. The standard InChI is InChI=1S/C14H17N3O/c1-9(16-11(3)18)12-4-6-13(7-5-12)14-8-15-17-10(14)2/h4-9H,1-3H3,(H,15,17)(H,16,18)/t9-/m0/s1. The number of nitrogens with one attached hydrogen (secondary N) is 2. The van der Waals surface area contributed by atoms with Crippen LogP contribution in [0.25, 0.3) is 11.1 Å². The summed E-state index contributed by atoms with van der Waals surface area (Å²) in [5.74, 6) is -0.0164. The molecule has 0 aliphatic carbocycles. The van der Waals surface area contributed by atoms with Gasteiger partial charge in [0.2, 0.25) is 5.91 Å². The van der Waals surface area contributed by atoms with Gasteiger partial charge in [-0.15, -0.1) is 0 Å². The van der Waals surface area contributed by atoms with Crippen LogP contribution in [0.2, 0.25) is 0 Å². The average Bonchev–Trinajstić information content (AvgIpc) is 2.75. The molecule has 0 bridgehead atoms. The van der Waals surface area contributed by atoms with Crippen LogP contribution in [0, 0.1) is 6.92 Å². The molecule has 2 N–H and O–H groups in total. The van der Waals surface area contributed by atoms with E-state index in [1.165, 1.54) is 6.92 Å². The highest BCUT2D eigenvalue weighted by Crippen LogP contribution is 2.23. The number of H-pyrrole nitrogens is 1. The van der Waals surface area contributed by atoms with E-state index in [1.807, 2.05) is 44.3 Å². The average molecular weight is 243 g/mol. The largest absolute Gasteiger partial charge is 0.350 e. The van der Waals surface area contributed by atoms with E-state index in [2.05, 4.69) is 15.5 Å². The van der Waals surface area contributed by atoms with E-state index < -0.39 is 0 Å². The van der Waals surface area contributed by atoms with Crippen LogP contribution in [0.15, 0.2) is 30.5 Å². The van der Waals surface area contributed by atoms with Crippen LogP contribution in [0.3, 0.4) is 0 Å². The van der Waals surface area contributed by atoms with Crippen molar-refractivity contribution in [2.45, 2.75) is 26.8 Å². The minimum absolute atomic E-state index is 0.0164. The third-order valence-electron chi connectivity index (χ3n) is 2.97. The van der Waals surface area contributed by atoms with E-state index in [0.717, 1.165) is 22.4 Å². The fourth-order valence-electron chi connectivity index (χ4n) is 1.98. The first-order chi connectivity index (χ1) is 8.58. The van der Waals surface area contributed by atoms with Crippen molar-refractivity contribution in [3.63, 3.8) is 0 Å². The Kier molecular flexibility index (Phi) is 3.46. The van der Waals surface area contributed by atoms with E-state index in [-0.39, 0.29) is 11.9 Å². The SMILES string of the molecule is CC(=O)N[C@@H](C)c1ccc(-c2cn[nH]c2C)cc1. The molecule has 0 aliphatic rings. The molecule has 0 aliphatic heterocycles. The number of aromatic amines is 1. The zero-order valence-electron chi connectivity index (χ0n) is 10.8. The first-order valence-electron chi connectivity index (χ1n) is 5.95. The lowest BCUT2D eigenvalue weighted by molar-refractivity contribution is -0.119. The quantitative estimate of drug-likeness (QED) is 0.870. The third-order valence-corrected chi connectivity index (χ3v) is 2.97. The Balaban J connectivity index is 2.20. The number of aromatic nitrogens is 2. The van der Waals surface area contributed by atoms with Crippen LogP contribution in [0.5, 0.6) is 0 Å². The molecule has 1 heterocycles. The van der Waals surface area contributed by atoms with Crippen LogP contribution in [-0.4, -0.2) is 16.1 Å². The van der Waals surface area contributed by atoms with Gasteiger partial charge in [0.25, 0.3) is 0 Å². The summed E-state index contributed by atoms with van der Waals surface area (Å²) < 4.78 is 0. The van der Waals surface area contributed by atoms with Gasteiger partial charge in [-0.05, 0) is 25.0 Å². The van der Waals surface area contributed by atoms with Crippen LogP contribution in [-0.2, 0) is 4.79 Å². The molecule has 0 saturated heterocycles. The zero-order chi connectivity index (χ0) is 13.1. The predicted octanol–water partition coefficient (Wildman–Crippen LogP) is 2.58. The van der Waals surface area contributed by atoms with Crippen molar-refractivity contribution in [1.82, 2.24) is 15.5 Å². The van der Waals surface area contributed by atoms with Gasteiger partial charge in [-0.25, -0.2) is 0 Å². The Morgan fingerprint density at radius 2 is 2.00 bits per heavy atom. The number of amides is 1. The van der Waals surface area contributed by atoms with Gasteiger partial charge in [0.1, 0.15) is 0 Å². The number of carbonyl (C=O) groups is 1. The van der Waals surface area contributed by atoms with Gasteiger partial charge in [-0.2, -0.15) is 5.10 Å². The van der Waals surface area contributed by atoms with Gasteiger partial charge >= 0.3 is 0 Å². The van der Waals surface area contributed by atoms with Gasteiger partial charge in [0.05, 0.1) is 12.2 Å². The molecule has 1 amide bonds. The summed E-state index contributed by atoms with van der Waals surface area (Å²) in [5.41, 5.74) is 4.38. The van der Waals surface area contributed by atoms with Crippen LogP contribution < -0.4 is 5.32 Å². The minimum atomic E-state index is -0.0164. The molecule has 18 heavy (non-hydrogen) atoms. The van der Waals surface area contributed by atoms with Crippen molar-refractivity contribution >= 4 is 5.91 Å². The number of benzene rings is 1. The van der Waals surface area contributed by atoms with E-state index in [0.29, 0.717) is 0 Å². The van der Waals surface area contributed by atoms with E-state index >= 15 is 0 Å². The lowest BCUT2D eigenvalue weighted by atomic mass is 10.0. The summed E-state index contributed by atoms with van der Waals surface area (Å²) >= 11 is 0. The summed E-state index contributed by atoms with van der Waals surface area (Å²) in [7, 11) is 0. The molecule has 1 atom stereocenters. The number of aryl methyl sites for hydroxylation is 1. The second kappa shape index (κ2) is 5.04. The lowest BCUT2D eigenvalue weighted by Crippen LogP contribution is -2.23. The maximum absolute atomic E-state index is 11.0. The molecule has 0 saturated carbocycles. The van der Waals surface area contributed by atoms with E-state index in [1.54, 1.807) is 0 Å². The van der Waals surface area contributed by atoms with Crippen molar-refractivity contribution in [2.24, 2.45) is 0 Å². The van der Waals surface area contributed by atoms with Gasteiger partial charge in [-0.3, -0.25) is 9.89 Å². The maximum atomic E-state index is 11.0. The van der Waals surface area contributed by atoms with Crippen LogP contribution >= 0.6 is 0 Å². The molecular formula is C14H17N3O. The Labute approximate surface area is 106 Å². The molecule has 0 fully saturated rings. The van der Waals surface area contributed by atoms with Crippen LogP contribution in [0.4, 0.5) is 0 Å². The van der Waals surface area contributed by atoms with E-state index in [9.17, 15) is 4.79 Å². The van der Waals surface area contributed by atoms with E-state index in [4.69, 9.17) is 0 Å². The molecule has 2 rings (SSSR count). The highest BCUT2D eigenvalue weighted by Gasteiger charge is 2.08. The van der Waals surface area contributed by atoms with Gasteiger partial charge in [0.15, 0.2) is 0 Å². The maximum Gasteiger partial charge on any atom is 0.217 e. The molecule has 94 valence electrons. The van der Waals surface area contributed by atoms with Crippen LogP contribution in [0.1, 0.15) is 31.1 Å². The number of hydrogen-bond donors (Lipinski definition) is 2. The Morgan fingerprint density at radius 3 is 2.50 bits per heavy atom. The lowest BCUT2D eigenvalue weighted by Gasteiger charge is -2.13. The highest BCUT2D eigenvalue weighted by molar-refractivity contribution is 5.73. The van der Waals surface area contributed by atoms with Crippen molar-refractivity contribution in [3.05, 3.63) is 41.7 Å². The first kappa shape index (κ1) is 12.4. The molecule has 4 nitrogen and oxygen atoms in total.